The second kappa shape index (κ2) is 9.50. The molecule has 3 aromatic carbocycles. The molecule has 3 aromatic rings. The lowest BCUT2D eigenvalue weighted by Gasteiger charge is -2.23. The number of benzene rings is 3. The summed E-state index contributed by atoms with van der Waals surface area (Å²) >= 11 is 0. The van der Waals surface area contributed by atoms with Crippen LogP contribution >= 0.6 is 0 Å². The predicted octanol–water partition coefficient (Wildman–Crippen LogP) is 4.60. The van der Waals surface area contributed by atoms with E-state index in [0.29, 0.717) is 16.9 Å². The first-order valence-corrected chi connectivity index (χ1v) is 9.27. The molecular weight excluding hydrogens is 369 g/mol. The van der Waals surface area contributed by atoms with E-state index in [1.807, 2.05) is 37.3 Å². The Morgan fingerprint density at radius 3 is 2.21 bits per heavy atom. The van der Waals surface area contributed by atoms with Crippen LogP contribution in [0.25, 0.3) is 0 Å². The summed E-state index contributed by atoms with van der Waals surface area (Å²) in [7, 11) is 0. The summed E-state index contributed by atoms with van der Waals surface area (Å²) in [6.07, 6.45) is 0. The van der Waals surface area contributed by atoms with Crippen LogP contribution in [0.3, 0.4) is 0 Å². The summed E-state index contributed by atoms with van der Waals surface area (Å²) in [5, 5.41) is 5.63. The average molecular weight is 391 g/mol. The lowest BCUT2D eigenvalue weighted by Crippen LogP contribution is -2.41. The minimum atomic E-state index is -0.384. The molecular formula is C23H22FN3O2. The third-order valence-electron chi connectivity index (χ3n) is 4.34. The minimum Gasteiger partial charge on any atom is -0.350 e. The van der Waals surface area contributed by atoms with Gasteiger partial charge in [0.1, 0.15) is 5.82 Å². The van der Waals surface area contributed by atoms with Crippen molar-refractivity contribution in [3.8, 4) is 0 Å². The van der Waals surface area contributed by atoms with E-state index in [0.717, 1.165) is 5.56 Å². The van der Waals surface area contributed by atoms with Gasteiger partial charge in [0.25, 0.3) is 5.91 Å². The molecule has 2 N–H and O–H groups in total. The van der Waals surface area contributed by atoms with E-state index in [-0.39, 0.29) is 30.8 Å². The normalized spacial score (nSPS) is 10.3. The van der Waals surface area contributed by atoms with Gasteiger partial charge in [0.05, 0.1) is 0 Å². The molecule has 3 rings (SSSR count). The molecule has 0 spiro atoms. The maximum atomic E-state index is 13.3. The lowest BCUT2D eigenvalue weighted by atomic mass is 10.1. The van der Waals surface area contributed by atoms with Crippen LogP contribution in [0.1, 0.15) is 15.9 Å². The first kappa shape index (κ1) is 20.1. The first-order chi connectivity index (χ1) is 14.0. The summed E-state index contributed by atoms with van der Waals surface area (Å²) in [6, 6.07) is 21.6. The van der Waals surface area contributed by atoms with Crippen LogP contribution in [0.15, 0.2) is 78.9 Å². The van der Waals surface area contributed by atoms with Gasteiger partial charge >= 0.3 is 6.03 Å². The number of amides is 3. The Labute approximate surface area is 169 Å². The van der Waals surface area contributed by atoms with E-state index in [1.165, 1.54) is 29.2 Å². The zero-order chi connectivity index (χ0) is 20.6. The van der Waals surface area contributed by atoms with Crippen molar-refractivity contribution in [2.24, 2.45) is 0 Å². The van der Waals surface area contributed by atoms with Crippen LogP contribution in [-0.2, 0) is 0 Å². The quantitative estimate of drug-likeness (QED) is 0.645. The molecule has 0 aromatic heterocycles. The summed E-state index contributed by atoms with van der Waals surface area (Å²) in [4.78, 5) is 26.5. The van der Waals surface area contributed by atoms with E-state index in [1.54, 1.807) is 24.3 Å². The number of para-hydroxylation sites is 1. The molecule has 0 aliphatic rings. The number of hydrogen-bond donors (Lipinski definition) is 2. The Balaban J connectivity index is 1.67. The van der Waals surface area contributed by atoms with Crippen molar-refractivity contribution in [1.82, 2.24) is 5.32 Å². The highest BCUT2D eigenvalue weighted by molar-refractivity contribution is 6.01. The topological polar surface area (TPSA) is 61.4 Å². The number of carbonyl (C=O) groups is 2. The fourth-order valence-corrected chi connectivity index (χ4v) is 2.77. The number of hydrogen-bond acceptors (Lipinski definition) is 2. The smallest absolute Gasteiger partial charge is 0.326 e. The van der Waals surface area contributed by atoms with Crippen molar-refractivity contribution in [3.05, 3.63) is 95.8 Å². The van der Waals surface area contributed by atoms with Gasteiger partial charge in [0.2, 0.25) is 0 Å². The van der Waals surface area contributed by atoms with Crippen LogP contribution in [-0.4, -0.2) is 25.0 Å². The van der Waals surface area contributed by atoms with Gasteiger partial charge < -0.3 is 10.6 Å². The molecule has 0 bridgehead atoms. The van der Waals surface area contributed by atoms with Gasteiger partial charge in [-0.15, -0.1) is 0 Å². The number of aryl methyl sites for hydroxylation is 1. The maximum absolute atomic E-state index is 13.3. The summed E-state index contributed by atoms with van der Waals surface area (Å²) in [6.45, 7) is 2.42. The zero-order valence-electron chi connectivity index (χ0n) is 16.1. The molecule has 0 atom stereocenters. The predicted molar refractivity (Wildman–Crippen MR) is 113 cm³/mol. The Hall–Kier alpha value is -3.67. The molecule has 148 valence electrons. The van der Waals surface area contributed by atoms with Gasteiger partial charge in [-0.25, -0.2) is 9.18 Å². The highest BCUT2D eigenvalue weighted by atomic mass is 19.1. The molecule has 0 fully saturated rings. The molecule has 6 heteroatoms. The molecule has 5 nitrogen and oxygen atoms in total. The van der Waals surface area contributed by atoms with Crippen molar-refractivity contribution < 1.29 is 14.0 Å². The van der Waals surface area contributed by atoms with Crippen LogP contribution in [0.2, 0.25) is 0 Å². The summed E-state index contributed by atoms with van der Waals surface area (Å²) < 4.78 is 13.3. The number of rotatable bonds is 6. The van der Waals surface area contributed by atoms with Gasteiger partial charge in [-0.05, 0) is 55.5 Å². The summed E-state index contributed by atoms with van der Waals surface area (Å²) in [5.41, 5.74) is 2.80. The lowest BCUT2D eigenvalue weighted by molar-refractivity contribution is 0.0954. The van der Waals surface area contributed by atoms with E-state index < -0.39 is 0 Å². The van der Waals surface area contributed by atoms with Gasteiger partial charge in [-0.1, -0.05) is 35.9 Å². The molecule has 0 saturated heterocycles. The maximum Gasteiger partial charge on any atom is 0.326 e. The molecule has 0 unspecified atom stereocenters. The number of nitrogens with one attached hydrogen (secondary N) is 2. The van der Waals surface area contributed by atoms with Crippen LogP contribution in [0, 0.1) is 12.7 Å². The van der Waals surface area contributed by atoms with E-state index in [2.05, 4.69) is 10.6 Å². The van der Waals surface area contributed by atoms with Crippen molar-refractivity contribution in [2.75, 3.05) is 23.3 Å². The molecule has 0 aliphatic heterocycles. The zero-order valence-corrected chi connectivity index (χ0v) is 16.1. The second-order valence-corrected chi connectivity index (χ2v) is 6.55. The number of anilines is 2. The van der Waals surface area contributed by atoms with Crippen molar-refractivity contribution in [2.45, 2.75) is 6.92 Å². The molecule has 29 heavy (non-hydrogen) atoms. The number of carbonyl (C=O) groups excluding carboxylic acids is 2. The van der Waals surface area contributed by atoms with Gasteiger partial charge in [-0.2, -0.15) is 0 Å². The molecule has 0 saturated carbocycles. The van der Waals surface area contributed by atoms with Gasteiger partial charge in [-0.3, -0.25) is 9.69 Å². The largest absolute Gasteiger partial charge is 0.350 e. The van der Waals surface area contributed by atoms with Crippen LogP contribution in [0.4, 0.5) is 20.6 Å². The highest BCUT2D eigenvalue weighted by Gasteiger charge is 2.16. The number of urea groups is 1. The first-order valence-electron chi connectivity index (χ1n) is 9.27. The number of halogens is 1. The average Bonchev–Trinajstić information content (AvgIpc) is 2.73. The van der Waals surface area contributed by atoms with Crippen LogP contribution in [0.5, 0.6) is 0 Å². The Morgan fingerprint density at radius 1 is 0.897 bits per heavy atom. The van der Waals surface area contributed by atoms with Crippen molar-refractivity contribution in [3.63, 3.8) is 0 Å². The van der Waals surface area contributed by atoms with E-state index in [9.17, 15) is 14.0 Å². The van der Waals surface area contributed by atoms with Crippen molar-refractivity contribution >= 4 is 23.3 Å². The molecule has 0 heterocycles. The fraction of sp³-hybridized carbons (Fsp3) is 0.130. The van der Waals surface area contributed by atoms with Crippen LogP contribution < -0.4 is 15.5 Å². The van der Waals surface area contributed by atoms with Gasteiger partial charge in [0, 0.05) is 30.0 Å². The highest BCUT2D eigenvalue weighted by Crippen LogP contribution is 2.17. The number of nitrogens with zero attached hydrogens (tertiary/aromatic N) is 1. The third kappa shape index (κ3) is 5.65. The SMILES string of the molecule is Cc1ccc(C(=O)NCCN(C(=O)Nc2ccccc2)c2ccc(F)cc2)cc1. The minimum absolute atomic E-state index is 0.215. The van der Waals surface area contributed by atoms with Gasteiger partial charge in [0.15, 0.2) is 0 Å². The van der Waals surface area contributed by atoms with Crippen molar-refractivity contribution in [1.29, 1.82) is 0 Å². The Kier molecular flexibility index (Phi) is 6.58. The second-order valence-electron chi connectivity index (χ2n) is 6.55. The van der Waals surface area contributed by atoms with E-state index >= 15 is 0 Å². The third-order valence-corrected chi connectivity index (χ3v) is 4.34. The molecule has 3 amide bonds. The molecule has 0 radical (unpaired) electrons. The molecule has 0 aliphatic carbocycles. The monoisotopic (exact) mass is 391 g/mol. The fourth-order valence-electron chi connectivity index (χ4n) is 2.77. The Bertz CT molecular complexity index is 958. The summed E-state index contributed by atoms with van der Waals surface area (Å²) in [5.74, 6) is -0.600. The van der Waals surface area contributed by atoms with E-state index in [4.69, 9.17) is 0 Å². The Morgan fingerprint density at radius 2 is 1.55 bits per heavy atom. The standard InChI is InChI=1S/C23H22FN3O2/c1-17-7-9-18(10-8-17)22(28)25-15-16-27(21-13-11-19(24)12-14-21)23(29)26-20-5-3-2-4-6-20/h2-14H,15-16H2,1H3,(H,25,28)(H,26,29).